The van der Waals surface area contributed by atoms with Crippen LogP contribution < -0.4 is 0 Å². The van der Waals surface area contributed by atoms with Crippen LogP contribution in [0.3, 0.4) is 0 Å². The van der Waals surface area contributed by atoms with Gasteiger partial charge in [0.15, 0.2) is 0 Å². The van der Waals surface area contributed by atoms with Crippen molar-refractivity contribution in [3.63, 3.8) is 0 Å². The SMILES string of the molecule is Cc1ccc(-c2ccccc2)cc1C(=O)N(C)C=O. The average Bonchev–Trinajstić information content (AvgIpc) is 2.47. The second-order valence-corrected chi connectivity index (χ2v) is 4.42. The molecule has 2 aromatic carbocycles. The summed E-state index contributed by atoms with van der Waals surface area (Å²) in [5.74, 6) is -0.287. The maximum Gasteiger partial charge on any atom is 0.260 e. The van der Waals surface area contributed by atoms with Crippen molar-refractivity contribution >= 4 is 12.3 Å². The lowest BCUT2D eigenvalue weighted by Gasteiger charge is -2.12. The minimum atomic E-state index is -0.287. The number of aryl methyl sites for hydroxylation is 1. The maximum atomic E-state index is 12.1. The quantitative estimate of drug-likeness (QED) is 0.789. The average molecular weight is 253 g/mol. The Morgan fingerprint density at radius 2 is 1.74 bits per heavy atom. The standard InChI is InChI=1S/C16H15NO2/c1-12-8-9-14(13-6-4-3-5-7-13)10-15(12)16(19)17(2)11-18/h3-11H,1-2H3. The molecule has 0 unspecified atom stereocenters. The molecule has 96 valence electrons. The van der Waals surface area contributed by atoms with Crippen molar-refractivity contribution < 1.29 is 9.59 Å². The van der Waals surface area contributed by atoms with Gasteiger partial charge in [0, 0.05) is 12.6 Å². The Kier molecular flexibility index (Phi) is 3.76. The molecule has 0 aliphatic carbocycles. The first kappa shape index (κ1) is 13.0. The molecular weight excluding hydrogens is 238 g/mol. The van der Waals surface area contributed by atoms with Crippen molar-refractivity contribution in [3.8, 4) is 11.1 Å². The number of carbonyl (C=O) groups is 2. The molecule has 19 heavy (non-hydrogen) atoms. The number of amides is 2. The van der Waals surface area contributed by atoms with Crippen LogP contribution in [0, 0.1) is 6.92 Å². The van der Waals surface area contributed by atoms with Crippen molar-refractivity contribution in [2.45, 2.75) is 6.92 Å². The van der Waals surface area contributed by atoms with Gasteiger partial charge >= 0.3 is 0 Å². The van der Waals surface area contributed by atoms with Gasteiger partial charge in [-0.3, -0.25) is 14.5 Å². The van der Waals surface area contributed by atoms with Crippen LogP contribution in [-0.4, -0.2) is 24.3 Å². The Morgan fingerprint density at radius 3 is 2.37 bits per heavy atom. The summed E-state index contributed by atoms with van der Waals surface area (Å²) in [5, 5.41) is 0. The molecule has 0 saturated carbocycles. The number of benzene rings is 2. The molecule has 0 aliphatic rings. The lowest BCUT2D eigenvalue weighted by Crippen LogP contribution is -2.25. The summed E-state index contributed by atoms with van der Waals surface area (Å²) in [7, 11) is 1.46. The van der Waals surface area contributed by atoms with Crippen molar-refractivity contribution in [3.05, 3.63) is 59.7 Å². The van der Waals surface area contributed by atoms with E-state index in [9.17, 15) is 9.59 Å². The lowest BCUT2D eigenvalue weighted by atomic mass is 9.99. The fourth-order valence-electron chi connectivity index (χ4n) is 1.90. The molecule has 0 heterocycles. The van der Waals surface area contributed by atoms with Gasteiger partial charge in [0.05, 0.1) is 0 Å². The zero-order valence-corrected chi connectivity index (χ0v) is 11.0. The monoisotopic (exact) mass is 253 g/mol. The molecule has 3 nitrogen and oxygen atoms in total. The highest BCUT2D eigenvalue weighted by Crippen LogP contribution is 2.22. The highest BCUT2D eigenvalue weighted by Gasteiger charge is 2.14. The van der Waals surface area contributed by atoms with Crippen LogP contribution in [-0.2, 0) is 4.79 Å². The Labute approximate surface area is 112 Å². The van der Waals surface area contributed by atoms with E-state index in [1.807, 2.05) is 55.5 Å². The van der Waals surface area contributed by atoms with E-state index in [1.165, 1.54) is 7.05 Å². The van der Waals surface area contributed by atoms with E-state index in [0.717, 1.165) is 21.6 Å². The van der Waals surface area contributed by atoms with Crippen LogP contribution in [0.4, 0.5) is 0 Å². The molecule has 0 N–H and O–H groups in total. The van der Waals surface area contributed by atoms with Crippen molar-refractivity contribution in [2.75, 3.05) is 7.05 Å². The summed E-state index contributed by atoms with van der Waals surface area (Å²) in [4.78, 5) is 23.8. The van der Waals surface area contributed by atoms with Gasteiger partial charge in [0.25, 0.3) is 5.91 Å². The molecule has 0 saturated heterocycles. The van der Waals surface area contributed by atoms with Gasteiger partial charge in [0.2, 0.25) is 6.41 Å². The first-order chi connectivity index (χ1) is 9.13. The van der Waals surface area contributed by atoms with E-state index in [-0.39, 0.29) is 5.91 Å². The van der Waals surface area contributed by atoms with Crippen molar-refractivity contribution in [2.24, 2.45) is 0 Å². The number of rotatable bonds is 3. The molecule has 3 heteroatoms. The van der Waals surface area contributed by atoms with Crippen LogP contribution >= 0.6 is 0 Å². The molecule has 0 fully saturated rings. The van der Waals surface area contributed by atoms with E-state index >= 15 is 0 Å². The highest BCUT2D eigenvalue weighted by atomic mass is 16.2. The predicted octanol–water partition coefficient (Wildman–Crippen LogP) is 2.89. The second-order valence-electron chi connectivity index (χ2n) is 4.42. The number of hydrogen-bond acceptors (Lipinski definition) is 2. The van der Waals surface area contributed by atoms with E-state index < -0.39 is 0 Å². The van der Waals surface area contributed by atoms with Crippen LogP contribution in [0.5, 0.6) is 0 Å². The zero-order valence-electron chi connectivity index (χ0n) is 11.0. The second kappa shape index (κ2) is 5.48. The summed E-state index contributed by atoms with van der Waals surface area (Å²) in [5.41, 5.74) is 3.42. The molecule has 2 aromatic rings. The predicted molar refractivity (Wildman–Crippen MR) is 74.8 cm³/mol. The maximum absolute atomic E-state index is 12.1. The molecule has 0 atom stereocenters. The number of hydrogen-bond donors (Lipinski definition) is 0. The third kappa shape index (κ3) is 2.71. The topological polar surface area (TPSA) is 37.4 Å². The summed E-state index contributed by atoms with van der Waals surface area (Å²) >= 11 is 0. The molecule has 0 aliphatic heterocycles. The highest BCUT2D eigenvalue weighted by molar-refractivity contribution is 6.01. The Hall–Kier alpha value is -2.42. The van der Waals surface area contributed by atoms with Gasteiger partial charge < -0.3 is 0 Å². The van der Waals surface area contributed by atoms with Crippen LogP contribution in [0.15, 0.2) is 48.5 Å². The first-order valence-corrected chi connectivity index (χ1v) is 6.02. The number of imide groups is 1. The zero-order chi connectivity index (χ0) is 13.8. The van der Waals surface area contributed by atoms with Gasteiger partial charge in [-0.1, -0.05) is 42.5 Å². The minimum Gasteiger partial charge on any atom is -0.284 e. The smallest absolute Gasteiger partial charge is 0.260 e. The van der Waals surface area contributed by atoms with Crippen LogP contribution in [0.25, 0.3) is 11.1 Å². The molecule has 0 radical (unpaired) electrons. The van der Waals surface area contributed by atoms with E-state index in [4.69, 9.17) is 0 Å². The summed E-state index contributed by atoms with van der Waals surface area (Å²) in [6.45, 7) is 1.86. The van der Waals surface area contributed by atoms with Crippen LogP contribution in [0.2, 0.25) is 0 Å². The fraction of sp³-hybridized carbons (Fsp3) is 0.125. The van der Waals surface area contributed by atoms with Gasteiger partial charge in [-0.15, -0.1) is 0 Å². The lowest BCUT2D eigenvalue weighted by molar-refractivity contribution is -0.115. The van der Waals surface area contributed by atoms with Crippen molar-refractivity contribution in [1.82, 2.24) is 4.90 Å². The molecule has 0 bridgehead atoms. The van der Waals surface area contributed by atoms with Gasteiger partial charge in [-0.2, -0.15) is 0 Å². The van der Waals surface area contributed by atoms with Gasteiger partial charge in [-0.25, -0.2) is 0 Å². The third-order valence-corrected chi connectivity index (χ3v) is 3.05. The molecule has 2 rings (SSSR count). The summed E-state index contributed by atoms with van der Waals surface area (Å²) in [6, 6.07) is 15.5. The van der Waals surface area contributed by atoms with E-state index in [0.29, 0.717) is 12.0 Å². The largest absolute Gasteiger partial charge is 0.284 e. The van der Waals surface area contributed by atoms with E-state index in [1.54, 1.807) is 0 Å². The molecule has 2 amide bonds. The van der Waals surface area contributed by atoms with Crippen LogP contribution in [0.1, 0.15) is 15.9 Å². The minimum absolute atomic E-state index is 0.287. The fourth-order valence-corrected chi connectivity index (χ4v) is 1.90. The Balaban J connectivity index is 2.46. The molecule has 0 spiro atoms. The third-order valence-electron chi connectivity index (χ3n) is 3.05. The van der Waals surface area contributed by atoms with Gasteiger partial charge in [0.1, 0.15) is 0 Å². The first-order valence-electron chi connectivity index (χ1n) is 6.02. The summed E-state index contributed by atoms with van der Waals surface area (Å²) < 4.78 is 0. The summed E-state index contributed by atoms with van der Waals surface area (Å²) in [6.07, 6.45) is 0.525. The normalized spacial score (nSPS) is 10.0. The van der Waals surface area contributed by atoms with Gasteiger partial charge in [-0.05, 0) is 29.7 Å². The van der Waals surface area contributed by atoms with E-state index in [2.05, 4.69) is 0 Å². The molecule has 0 aromatic heterocycles. The Bertz CT molecular complexity index is 605. The number of carbonyl (C=O) groups excluding carboxylic acids is 2. The Morgan fingerprint density at radius 1 is 1.05 bits per heavy atom. The van der Waals surface area contributed by atoms with Crippen molar-refractivity contribution in [1.29, 1.82) is 0 Å². The number of nitrogens with zero attached hydrogens (tertiary/aromatic N) is 1. The molecular formula is C16H15NO2.